The fraction of sp³-hybridized carbons (Fsp3) is 0.615. The molecule has 104 valence electrons. The number of carboxylic acids is 1. The Morgan fingerprint density at radius 3 is 2.74 bits per heavy atom. The molecule has 1 saturated carbocycles. The number of carboxylic acid groups (broad SMARTS) is 1. The minimum absolute atomic E-state index is 0.167. The smallest absolute Gasteiger partial charge is 0.307 e. The van der Waals surface area contributed by atoms with E-state index < -0.39 is 17.8 Å². The molecular weight excluding hydrogens is 264 g/mol. The zero-order valence-electron chi connectivity index (χ0n) is 11.0. The molecule has 1 aliphatic carbocycles. The van der Waals surface area contributed by atoms with Crippen molar-refractivity contribution in [1.29, 1.82) is 0 Å². The molecule has 1 heterocycles. The molecule has 1 aromatic rings. The van der Waals surface area contributed by atoms with Crippen LogP contribution >= 0.6 is 11.3 Å². The van der Waals surface area contributed by atoms with Gasteiger partial charge in [-0.25, -0.2) is 4.98 Å². The van der Waals surface area contributed by atoms with Gasteiger partial charge in [0.25, 0.3) is 0 Å². The molecule has 1 fully saturated rings. The lowest BCUT2D eigenvalue weighted by Crippen LogP contribution is -2.36. The molecule has 2 unspecified atom stereocenters. The topological polar surface area (TPSA) is 79.3 Å². The minimum Gasteiger partial charge on any atom is -0.481 e. The van der Waals surface area contributed by atoms with E-state index in [-0.39, 0.29) is 17.9 Å². The maximum absolute atomic E-state index is 12.2. The van der Waals surface area contributed by atoms with Gasteiger partial charge in [-0.15, -0.1) is 11.3 Å². The zero-order chi connectivity index (χ0) is 14.0. The molecule has 1 aliphatic rings. The number of nitrogens with zero attached hydrogens (tertiary/aromatic N) is 1. The van der Waals surface area contributed by atoms with Crippen LogP contribution in [0.25, 0.3) is 0 Å². The van der Waals surface area contributed by atoms with Crippen LogP contribution in [0.5, 0.6) is 0 Å². The molecule has 2 rings (SSSR count). The van der Waals surface area contributed by atoms with Gasteiger partial charge < -0.3 is 10.4 Å². The molecule has 0 saturated heterocycles. The third-order valence-electron chi connectivity index (χ3n) is 3.63. The maximum Gasteiger partial charge on any atom is 0.307 e. The van der Waals surface area contributed by atoms with Gasteiger partial charge in [0, 0.05) is 11.6 Å². The van der Waals surface area contributed by atoms with E-state index >= 15 is 0 Å². The number of rotatable bonds is 4. The number of thiazole rings is 1. The van der Waals surface area contributed by atoms with Gasteiger partial charge in [0.15, 0.2) is 0 Å². The molecule has 1 aromatic heterocycles. The molecule has 0 radical (unpaired) electrons. The molecule has 0 aromatic carbocycles. The van der Waals surface area contributed by atoms with Crippen molar-refractivity contribution in [2.45, 2.75) is 32.7 Å². The van der Waals surface area contributed by atoms with E-state index in [1.54, 1.807) is 6.20 Å². The Morgan fingerprint density at radius 1 is 1.47 bits per heavy atom. The summed E-state index contributed by atoms with van der Waals surface area (Å²) >= 11 is 1.48. The molecule has 0 aliphatic heterocycles. The van der Waals surface area contributed by atoms with Gasteiger partial charge in [-0.2, -0.15) is 0 Å². The highest BCUT2D eigenvalue weighted by Gasteiger charge is 2.41. The zero-order valence-corrected chi connectivity index (χ0v) is 11.8. The van der Waals surface area contributed by atoms with Crippen molar-refractivity contribution in [1.82, 2.24) is 10.3 Å². The summed E-state index contributed by atoms with van der Waals surface area (Å²) in [5, 5.41) is 14.7. The van der Waals surface area contributed by atoms with Gasteiger partial charge in [0.05, 0.1) is 17.9 Å². The first-order valence-corrected chi connectivity index (χ1v) is 7.29. The lowest BCUT2D eigenvalue weighted by molar-refractivity contribution is -0.146. The Balaban J connectivity index is 2.01. The van der Waals surface area contributed by atoms with Crippen molar-refractivity contribution in [2.24, 2.45) is 17.8 Å². The van der Waals surface area contributed by atoms with Crippen LogP contribution in [0.2, 0.25) is 0 Å². The van der Waals surface area contributed by atoms with Crippen molar-refractivity contribution < 1.29 is 14.7 Å². The Kier molecular flexibility index (Phi) is 4.19. The normalized spacial score (nSPS) is 28.0. The van der Waals surface area contributed by atoms with Gasteiger partial charge in [0.1, 0.15) is 5.01 Å². The number of nitrogens with one attached hydrogen (secondary N) is 1. The highest BCUT2D eigenvalue weighted by Crippen LogP contribution is 2.36. The van der Waals surface area contributed by atoms with Gasteiger partial charge in [-0.05, 0) is 25.7 Å². The van der Waals surface area contributed by atoms with E-state index in [2.05, 4.69) is 10.3 Å². The predicted molar refractivity (Wildman–Crippen MR) is 71.7 cm³/mol. The summed E-state index contributed by atoms with van der Waals surface area (Å²) in [4.78, 5) is 27.6. The quantitative estimate of drug-likeness (QED) is 0.886. The lowest BCUT2D eigenvalue weighted by atomic mass is 9.95. The molecule has 19 heavy (non-hydrogen) atoms. The van der Waals surface area contributed by atoms with Crippen molar-refractivity contribution in [3.05, 3.63) is 16.6 Å². The molecule has 2 N–H and O–H groups in total. The van der Waals surface area contributed by atoms with Gasteiger partial charge in [-0.3, -0.25) is 9.59 Å². The SMILES string of the molecule is CC1C[C@H](C(=O)NC(C)c2nccs2)[C@H](C(=O)O)C1. The molecule has 0 spiro atoms. The summed E-state index contributed by atoms with van der Waals surface area (Å²) in [6.07, 6.45) is 2.92. The second-order valence-corrected chi connectivity index (χ2v) is 6.15. The summed E-state index contributed by atoms with van der Waals surface area (Å²) in [5.74, 6) is -1.73. The first-order chi connectivity index (χ1) is 8.99. The van der Waals surface area contributed by atoms with E-state index in [1.807, 2.05) is 19.2 Å². The van der Waals surface area contributed by atoms with E-state index in [0.29, 0.717) is 12.8 Å². The minimum atomic E-state index is -0.869. The molecule has 1 amide bonds. The average molecular weight is 282 g/mol. The van der Waals surface area contributed by atoms with Crippen LogP contribution in [0.1, 0.15) is 37.7 Å². The van der Waals surface area contributed by atoms with E-state index in [4.69, 9.17) is 0 Å². The standard InChI is InChI=1S/C13H18N2O3S/c1-7-5-9(10(6-7)13(17)18)11(16)15-8(2)12-14-3-4-19-12/h3-4,7-10H,5-6H2,1-2H3,(H,15,16)(H,17,18)/t7?,8?,9-,10+/m0/s1. The monoisotopic (exact) mass is 282 g/mol. The van der Waals surface area contributed by atoms with Crippen molar-refractivity contribution >= 4 is 23.2 Å². The van der Waals surface area contributed by atoms with Crippen LogP contribution < -0.4 is 5.32 Å². The number of hydrogen-bond acceptors (Lipinski definition) is 4. The van der Waals surface area contributed by atoms with Crippen LogP contribution in [0.3, 0.4) is 0 Å². The summed E-state index contributed by atoms with van der Waals surface area (Å²) < 4.78 is 0. The predicted octanol–water partition coefficient (Wildman–Crippen LogP) is 2.07. The maximum atomic E-state index is 12.2. The first-order valence-electron chi connectivity index (χ1n) is 6.41. The Bertz CT molecular complexity index is 460. The van der Waals surface area contributed by atoms with Gasteiger partial charge >= 0.3 is 5.97 Å². The number of carbonyl (C=O) groups is 2. The number of carbonyl (C=O) groups excluding carboxylic acids is 1. The van der Waals surface area contributed by atoms with Crippen LogP contribution in [-0.2, 0) is 9.59 Å². The first kappa shape index (κ1) is 14.0. The highest BCUT2D eigenvalue weighted by atomic mass is 32.1. The summed E-state index contributed by atoms with van der Waals surface area (Å²) in [6.45, 7) is 3.86. The molecule has 6 heteroatoms. The highest BCUT2D eigenvalue weighted by molar-refractivity contribution is 7.09. The van der Waals surface area contributed by atoms with Gasteiger partial charge in [-0.1, -0.05) is 6.92 Å². The fourth-order valence-corrected chi connectivity index (χ4v) is 3.33. The third-order valence-corrected chi connectivity index (χ3v) is 4.59. The average Bonchev–Trinajstić information content (AvgIpc) is 2.96. The number of aliphatic carboxylic acids is 1. The van der Waals surface area contributed by atoms with E-state index in [9.17, 15) is 14.7 Å². The molecule has 5 nitrogen and oxygen atoms in total. The lowest BCUT2D eigenvalue weighted by Gasteiger charge is -2.18. The van der Waals surface area contributed by atoms with Crippen molar-refractivity contribution in [3.63, 3.8) is 0 Å². The van der Waals surface area contributed by atoms with E-state index in [0.717, 1.165) is 5.01 Å². The number of aromatic nitrogens is 1. The Labute approximate surface area is 116 Å². The fourth-order valence-electron chi connectivity index (χ4n) is 2.68. The molecule has 0 bridgehead atoms. The summed E-state index contributed by atoms with van der Waals surface area (Å²) in [5.41, 5.74) is 0. The van der Waals surface area contributed by atoms with Gasteiger partial charge in [0.2, 0.25) is 5.91 Å². The second kappa shape index (κ2) is 5.69. The number of amides is 1. The molecule has 4 atom stereocenters. The van der Waals surface area contributed by atoms with E-state index in [1.165, 1.54) is 11.3 Å². The van der Waals surface area contributed by atoms with Crippen LogP contribution in [0, 0.1) is 17.8 Å². The van der Waals surface area contributed by atoms with Crippen LogP contribution in [-0.4, -0.2) is 22.0 Å². The Morgan fingerprint density at radius 2 is 2.16 bits per heavy atom. The van der Waals surface area contributed by atoms with Crippen molar-refractivity contribution in [2.75, 3.05) is 0 Å². The van der Waals surface area contributed by atoms with Crippen LogP contribution in [0.15, 0.2) is 11.6 Å². The van der Waals surface area contributed by atoms with Crippen molar-refractivity contribution in [3.8, 4) is 0 Å². The molecular formula is C13H18N2O3S. The summed E-state index contributed by atoms with van der Waals surface area (Å²) in [6, 6.07) is -0.169. The Hall–Kier alpha value is -1.43. The second-order valence-electron chi connectivity index (χ2n) is 5.23. The largest absolute Gasteiger partial charge is 0.481 e. The third kappa shape index (κ3) is 3.12. The van der Waals surface area contributed by atoms with Crippen LogP contribution in [0.4, 0.5) is 0 Å². The summed E-state index contributed by atoms with van der Waals surface area (Å²) in [7, 11) is 0. The number of hydrogen-bond donors (Lipinski definition) is 2.